The molecule has 0 saturated heterocycles. The molecule has 27 heavy (non-hydrogen) atoms. The van der Waals surface area contributed by atoms with Gasteiger partial charge in [0.15, 0.2) is 5.11 Å². The quantitative estimate of drug-likeness (QED) is 0.513. The van der Waals surface area contributed by atoms with Gasteiger partial charge in [-0.25, -0.2) is 0 Å². The van der Waals surface area contributed by atoms with Crippen molar-refractivity contribution in [2.75, 3.05) is 11.9 Å². The van der Waals surface area contributed by atoms with Crippen molar-refractivity contribution in [2.24, 2.45) is 0 Å². The molecule has 1 saturated carbocycles. The fourth-order valence-corrected chi connectivity index (χ4v) is 3.05. The molecule has 0 radical (unpaired) electrons. The second-order valence-corrected chi connectivity index (χ2v) is 7.14. The smallest absolute Gasteiger partial charge is 0.258 e. The highest BCUT2D eigenvalue weighted by molar-refractivity contribution is 7.80. The number of hydrogen-bond acceptors (Lipinski definition) is 4. The van der Waals surface area contributed by atoms with Crippen LogP contribution in [0.25, 0.3) is 0 Å². The standard InChI is InChI=1S/C21H25N3O2S/c1-2-3-4-12-26-19-10-9-17(13-18(19)15-7-8-15)23-21(27)24-20(25)16-6-5-11-22-14-16/h5-6,9-11,13-15H,2-4,7-8,12H2,1H3,(H2,23,24,25,27). The molecular formula is C21H25N3O2S. The van der Waals surface area contributed by atoms with Crippen molar-refractivity contribution >= 4 is 28.9 Å². The number of thiocarbonyl (C=S) groups is 1. The van der Waals surface area contributed by atoms with Gasteiger partial charge in [0.2, 0.25) is 0 Å². The molecule has 1 fully saturated rings. The maximum absolute atomic E-state index is 12.2. The van der Waals surface area contributed by atoms with Gasteiger partial charge in [-0.05, 0) is 73.3 Å². The Bertz CT molecular complexity index is 791. The Morgan fingerprint density at radius 2 is 2.15 bits per heavy atom. The van der Waals surface area contributed by atoms with E-state index in [0.29, 0.717) is 11.5 Å². The minimum absolute atomic E-state index is 0.266. The highest BCUT2D eigenvalue weighted by Gasteiger charge is 2.27. The van der Waals surface area contributed by atoms with Crippen LogP contribution in [-0.4, -0.2) is 22.6 Å². The number of pyridine rings is 1. The summed E-state index contributed by atoms with van der Waals surface area (Å²) in [6.45, 7) is 2.94. The summed E-state index contributed by atoms with van der Waals surface area (Å²) in [7, 11) is 0. The third-order valence-corrected chi connectivity index (χ3v) is 4.65. The van der Waals surface area contributed by atoms with Gasteiger partial charge in [-0.15, -0.1) is 0 Å². The number of nitrogens with zero attached hydrogens (tertiary/aromatic N) is 1. The van der Waals surface area contributed by atoms with E-state index in [2.05, 4.69) is 28.6 Å². The Balaban J connectivity index is 1.60. The van der Waals surface area contributed by atoms with Crippen LogP contribution in [0.1, 0.15) is 60.9 Å². The fraction of sp³-hybridized carbons (Fsp3) is 0.381. The van der Waals surface area contributed by atoms with Crippen LogP contribution in [0.4, 0.5) is 5.69 Å². The van der Waals surface area contributed by atoms with Crippen molar-refractivity contribution in [3.63, 3.8) is 0 Å². The number of aromatic nitrogens is 1. The van der Waals surface area contributed by atoms with Crippen molar-refractivity contribution in [1.29, 1.82) is 0 Å². The van der Waals surface area contributed by atoms with Crippen LogP contribution in [0.15, 0.2) is 42.7 Å². The Hall–Kier alpha value is -2.47. The second kappa shape index (κ2) is 9.46. The monoisotopic (exact) mass is 383 g/mol. The van der Waals surface area contributed by atoms with E-state index in [0.717, 1.165) is 24.5 Å². The van der Waals surface area contributed by atoms with Gasteiger partial charge in [0.25, 0.3) is 5.91 Å². The minimum atomic E-state index is -0.279. The Morgan fingerprint density at radius 3 is 2.85 bits per heavy atom. The number of unbranched alkanes of at least 4 members (excludes halogenated alkanes) is 2. The second-order valence-electron chi connectivity index (χ2n) is 6.73. The first-order valence-electron chi connectivity index (χ1n) is 9.46. The highest BCUT2D eigenvalue weighted by atomic mass is 32.1. The first-order valence-corrected chi connectivity index (χ1v) is 9.87. The van der Waals surface area contributed by atoms with Crippen LogP contribution >= 0.6 is 12.2 Å². The molecule has 1 aromatic carbocycles. The van der Waals surface area contributed by atoms with Gasteiger partial charge < -0.3 is 10.1 Å². The van der Waals surface area contributed by atoms with Crippen LogP contribution in [0.5, 0.6) is 5.75 Å². The van der Waals surface area contributed by atoms with E-state index in [-0.39, 0.29) is 11.0 Å². The van der Waals surface area contributed by atoms with Crippen molar-refractivity contribution in [3.05, 3.63) is 53.9 Å². The molecule has 0 aliphatic heterocycles. The number of anilines is 1. The lowest BCUT2D eigenvalue weighted by atomic mass is 10.1. The lowest BCUT2D eigenvalue weighted by molar-refractivity contribution is 0.0977. The Labute approximate surface area is 165 Å². The topological polar surface area (TPSA) is 63.2 Å². The molecule has 1 heterocycles. The van der Waals surface area contributed by atoms with Gasteiger partial charge in [0.1, 0.15) is 5.75 Å². The van der Waals surface area contributed by atoms with E-state index >= 15 is 0 Å². The zero-order valence-corrected chi connectivity index (χ0v) is 16.3. The van der Waals surface area contributed by atoms with Gasteiger partial charge >= 0.3 is 0 Å². The molecule has 2 N–H and O–H groups in total. The SMILES string of the molecule is CCCCCOc1ccc(NC(=S)NC(=O)c2cccnc2)cc1C1CC1. The van der Waals surface area contributed by atoms with Gasteiger partial charge in [0.05, 0.1) is 12.2 Å². The molecule has 2 aromatic rings. The van der Waals surface area contributed by atoms with Crippen LogP contribution in [-0.2, 0) is 0 Å². The molecule has 0 bridgehead atoms. The molecule has 0 atom stereocenters. The Morgan fingerprint density at radius 1 is 1.30 bits per heavy atom. The number of benzene rings is 1. The number of nitrogens with one attached hydrogen (secondary N) is 2. The fourth-order valence-electron chi connectivity index (χ4n) is 2.84. The molecule has 1 amide bonds. The van der Waals surface area contributed by atoms with Gasteiger partial charge in [-0.1, -0.05) is 19.8 Å². The summed E-state index contributed by atoms with van der Waals surface area (Å²) in [5.41, 5.74) is 2.54. The summed E-state index contributed by atoms with van der Waals surface area (Å²) in [6.07, 6.45) is 8.96. The molecule has 6 heteroatoms. The molecule has 3 rings (SSSR count). The Kier molecular flexibility index (Phi) is 6.76. The van der Waals surface area contributed by atoms with E-state index in [1.54, 1.807) is 18.3 Å². The third-order valence-electron chi connectivity index (χ3n) is 4.44. The van der Waals surface area contributed by atoms with Crippen molar-refractivity contribution in [2.45, 2.75) is 44.9 Å². The number of ether oxygens (including phenoxy) is 1. The van der Waals surface area contributed by atoms with E-state index < -0.39 is 0 Å². The van der Waals surface area contributed by atoms with Crippen LogP contribution < -0.4 is 15.4 Å². The maximum atomic E-state index is 12.2. The van der Waals surface area contributed by atoms with Gasteiger partial charge in [0, 0.05) is 18.1 Å². The van der Waals surface area contributed by atoms with Crippen LogP contribution in [0.2, 0.25) is 0 Å². The minimum Gasteiger partial charge on any atom is -0.493 e. The molecular weight excluding hydrogens is 358 g/mol. The summed E-state index contributed by atoms with van der Waals surface area (Å²) in [6, 6.07) is 9.42. The van der Waals surface area contributed by atoms with Crippen molar-refractivity contribution < 1.29 is 9.53 Å². The maximum Gasteiger partial charge on any atom is 0.258 e. The van der Waals surface area contributed by atoms with Gasteiger partial charge in [-0.3, -0.25) is 15.1 Å². The third kappa shape index (κ3) is 5.76. The van der Waals surface area contributed by atoms with Crippen molar-refractivity contribution in [3.8, 4) is 5.75 Å². The number of amides is 1. The number of hydrogen-bond donors (Lipinski definition) is 2. The summed E-state index contributed by atoms with van der Waals surface area (Å²) in [5.74, 6) is 1.25. The van der Waals surface area contributed by atoms with E-state index in [1.807, 2.05) is 12.1 Å². The zero-order valence-electron chi connectivity index (χ0n) is 15.5. The number of rotatable bonds is 8. The zero-order chi connectivity index (χ0) is 19.1. The lowest BCUT2D eigenvalue weighted by Crippen LogP contribution is -2.34. The van der Waals surface area contributed by atoms with Gasteiger partial charge in [-0.2, -0.15) is 0 Å². The first kappa shape index (κ1) is 19.3. The normalized spacial score (nSPS) is 13.1. The summed E-state index contributed by atoms with van der Waals surface area (Å²) in [4.78, 5) is 16.1. The number of carbonyl (C=O) groups excluding carboxylic acids is 1. The molecule has 1 aromatic heterocycles. The van der Waals surface area contributed by atoms with E-state index in [1.165, 1.54) is 37.4 Å². The summed E-state index contributed by atoms with van der Waals surface area (Å²) >= 11 is 5.27. The highest BCUT2D eigenvalue weighted by Crippen LogP contribution is 2.45. The lowest BCUT2D eigenvalue weighted by Gasteiger charge is -2.14. The average Bonchev–Trinajstić information content (AvgIpc) is 3.52. The molecule has 5 nitrogen and oxygen atoms in total. The molecule has 1 aliphatic carbocycles. The average molecular weight is 384 g/mol. The molecule has 1 aliphatic rings. The van der Waals surface area contributed by atoms with Crippen molar-refractivity contribution in [1.82, 2.24) is 10.3 Å². The predicted octanol–water partition coefficient (Wildman–Crippen LogP) is 4.65. The van der Waals surface area contributed by atoms with E-state index in [4.69, 9.17) is 17.0 Å². The molecule has 0 unspecified atom stereocenters. The van der Waals surface area contributed by atoms with E-state index in [9.17, 15) is 4.79 Å². The van der Waals surface area contributed by atoms with Crippen LogP contribution in [0, 0.1) is 0 Å². The summed E-state index contributed by atoms with van der Waals surface area (Å²) in [5, 5.41) is 6.04. The first-order chi connectivity index (χ1) is 13.2. The predicted molar refractivity (Wildman–Crippen MR) is 111 cm³/mol. The largest absolute Gasteiger partial charge is 0.493 e. The molecule has 0 spiro atoms. The molecule has 142 valence electrons. The summed E-state index contributed by atoms with van der Waals surface area (Å²) < 4.78 is 5.99. The van der Waals surface area contributed by atoms with Crippen LogP contribution in [0.3, 0.4) is 0 Å². The number of carbonyl (C=O) groups is 1.